The van der Waals surface area contributed by atoms with Gasteiger partial charge in [-0.2, -0.15) is 0 Å². The molecule has 0 aromatic rings. The summed E-state index contributed by atoms with van der Waals surface area (Å²) in [5.74, 6) is 0. The maximum atomic E-state index is 5.83. The number of rotatable bonds is 3. The third-order valence-corrected chi connectivity index (χ3v) is 2.27. The molecule has 11 heavy (non-hydrogen) atoms. The molecule has 2 atom stereocenters. The first kappa shape index (κ1) is 8.75. The van der Waals surface area contributed by atoms with Crippen LogP contribution in [0.2, 0.25) is 0 Å². The Morgan fingerprint density at radius 2 is 2.36 bits per heavy atom. The lowest BCUT2D eigenvalue weighted by molar-refractivity contribution is 0.348. The van der Waals surface area contributed by atoms with E-state index in [0.717, 1.165) is 13.0 Å². The molecule has 0 bridgehead atoms. The van der Waals surface area contributed by atoms with Gasteiger partial charge in [0, 0.05) is 18.6 Å². The van der Waals surface area contributed by atoms with Gasteiger partial charge in [-0.15, -0.1) is 6.58 Å². The summed E-state index contributed by atoms with van der Waals surface area (Å²) in [6.45, 7) is 4.58. The Balaban J connectivity index is 2.17. The van der Waals surface area contributed by atoms with Crippen molar-refractivity contribution >= 4 is 0 Å². The standard InChI is InChI=1S/C9H18N2/c1-2-6-11-9-5-3-4-8(10)7-9/h2,8-9,11H,1,3-7,10H2. The van der Waals surface area contributed by atoms with Crippen LogP contribution in [-0.2, 0) is 0 Å². The Hall–Kier alpha value is -0.340. The van der Waals surface area contributed by atoms with Gasteiger partial charge in [-0.3, -0.25) is 0 Å². The van der Waals surface area contributed by atoms with Crippen LogP contribution < -0.4 is 11.1 Å². The van der Waals surface area contributed by atoms with Crippen LogP contribution in [0.4, 0.5) is 0 Å². The maximum Gasteiger partial charge on any atom is 0.0134 e. The van der Waals surface area contributed by atoms with Gasteiger partial charge in [0.25, 0.3) is 0 Å². The van der Waals surface area contributed by atoms with Gasteiger partial charge in [0.15, 0.2) is 0 Å². The van der Waals surface area contributed by atoms with Gasteiger partial charge in [-0.05, 0) is 19.3 Å². The second kappa shape index (κ2) is 4.52. The molecule has 0 spiro atoms. The van der Waals surface area contributed by atoms with Gasteiger partial charge in [-0.25, -0.2) is 0 Å². The van der Waals surface area contributed by atoms with Crippen LogP contribution in [0.1, 0.15) is 25.7 Å². The van der Waals surface area contributed by atoms with E-state index in [-0.39, 0.29) is 0 Å². The van der Waals surface area contributed by atoms with Crippen molar-refractivity contribution in [3.63, 3.8) is 0 Å². The van der Waals surface area contributed by atoms with E-state index in [2.05, 4.69) is 11.9 Å². The Labute approximate surface area is 68.9 Å². The minimum Gasteiger partial charge on any atom is -0.328 e. The average molecular weight is 154 g/mol. The lowest BCUT2D eigenvalue weighted by Gasteiger charge is -2.26. The van der Waals surface area contributed by atoms with Crippen molar-refractivity contribution in [2.24, 2.45) is 5.73 Å². The van der Waals surface area contributed by atoms with Crippen LogP contribution in [0.15, 0.2) is 12.7 Å². The van der Waals surface area contributed by atoms with Gasteiger partial charge in [0.1, 0.15) is 0 Å². The highest BCUT2D eigenvalue weighted by Gasteiger charge is 2.17. The van der Waals surface area contributed by atoms with E-state index in [1.54, 1.807) is 0 Å². The minimum atomic E-state index is 0.422. The van der Waals surface area contributed by atoms with E-state index in [9.17, 15) is 0 Å². The molecular formula is C9H18N2. The molecule has 1 rings (SSSR count). The van der Waals surface area contributed by atoms with E-state index in [1.165, 1.54) is 19.3 Å². The zero-order chi connectivity index (χ0) is 8.10. The van der Waals surface area contributed by atoms with Crippen molar-refractivity contribution in [3.8, 4) is 0 Å². The molecule has 0 aliphatic heterocycles. The zero-order valence-corrected chi connectivity index (χ0v) is 7.05. The van der Waals surface area contributed by atoms with Crippen molar-refractivity contribution in [1.29, 1.82) is 0 Å². The molecule has 2 heteroatoms. The van der Waals surface area contributed by atoms with E-state index >= 15 is 0 Å². The van der Waals surface area contributed by atoms with Crippen LogP contribution in [0, 0.1) is 0 Å². The first-order chi connectivity index (χ1) is 5.33. The van der Waals surface area contributed by atoms with Gasteiger partial charge in [0.2, 0.25) is 0 Å². The molecule has 3 N–H and O–H groups in total. The molecule has 1 aliphatic rings. The third kappa shape index (κ3) is 3.04. The summed E-state index contributed by atoms with van der Waals surface area (Å²) < 4.78 is 0. The van der Waals surface area contributed by atoms with Crippen molar-refractivity contribution in [3.05, 3.63) is 12.7 Å². The predicted octanol–water partition coefficient (Wildman–Crippen LogP) is 1.03. The summed E-state index contributed by atoms with van der Waals surface area (Å²) >= 11 is 0. The van der Waals surface area contributed by atoms with E-state index < -0.39 is 0 Å². The first-order valence-corrected chi connectivity index (χ1v) is 4.43. The van der Waals surface area contributed by atoms with Crippen molar-refractivity contribution < 1.29 is 0 Å². The van der Waals surface area contributed by atoms with Crippen LogP contribution in [0.25, 0.3) is 0 Å². The van der Waals surface area contributed by atoms with E-state index in [1.807, 2.05) is 6.08 Å². The van der Waals surface area contributed by atoms with Crippen LogP contribution >= 0.6 is 0 Å². The second-order valence-corrected chi connectivity index (χ2v) is 3.32. The topological polar surface area (TPSA) is 38.0 Å². The summed E-state index contributed by atoms with van der Waals surface area (Å²) in [5.41, 5.74) is 5.83. The zero-order valence-electron chi connectivity index (χ0n) is 7.05. The number of hydrogen-bond acceptors (Lipinski definition) is 2. The molecule has 2 nitrogen and oxygen atoms in total. The molecular weight excluding hydrogens is 136 g/mol. The summed E-state index contributed by atoms with van der Waals surface area (Å²) in [5, 5.41) is 3.40. The molecule has 1 fully saturated rings. The normalized spacial score (nSPS) is 31.7. The highest BCUT2D eigenvalue weighted by molar-refractivity contribution is 4.82. The fourth-order valence-electron chi connectivity index (χ4n) is 1.66. The first-order valence-electron chi connectivity index (χ1n) is 4.43. The predicted molar refractivity (Wildman–Crippen MR) is 48.4 cm³/mol. The number of hydrogen-bond donors (Lipinski definition) is 2. The van der Waals surface area contributed by atoms with Gasteiger partial charge in [-0.1, -0.05) is 12.5 Å². The van der Waals surface area contributed by atoms with Crippen molar-refractivity contribution in [2.45, 2.75) is 37.8 Å². The average Bonchev–Trinajstić information content (AvgIpc) is 2.01. The molecule has 2 unspecified atom stereocenters. The molecule has 0 aromatic carbocycles. The third-order valence-electron chi connectivity index (χ3n) is 2.27. The van der Waals surface area contributed by atoms with Crippen LogP contribution in [0.3, 0.4) is 0 Å². The summed E-state index contributed by atoms with van der Waals surface area (Å²) in [6, 6.07) is 1.06. The maximum absolute atomic E-state index is 5.83. The molecule has 0 saturated heterocycles. The molecule has 0 aromatic heterocycles. The summed E-state index contributed by atoms with van der Waals surface area (Å²) in [6.07, 6.45) is 6.79. The number of nitrogens with one attached hydrogen (secondary N) is 1. The SMILES string of the molecule is C=CCNC1CCCC(N)C1. The molecule has 1 saturated carbocycles. The lowest BCUT2D eigenvalue weighted by atomic mass is 9.92. The molecule has 64 valence electrons. The smallest absolute Gasteiger partial charge is 0.0134 e. The van der Waals surface area contributed by atoms with Crippen LogP contribution in [0.5, 0.6) is 0 Å². The Kier molecular flexibility index (Phi) is 3.60. The Bertz CT molecular complexity index is 123. The summed E-state index contributed by atoms with van der Waals surface area (Å²) in [7, 11) is 0. The van der Waals surface area contributed by atoms with E-state index in [0.29, 0.717) is 12.1 Å². The quantitative estimate of drug-likeness (QED) is 0.596. The molecule has 0 heterocycles. The molecule has 0 radical (unpaired) electrons. The monoisotopic (exact) mass is 154 g/mol. The summed E-state index contributed by atoms with van der Waals surface area (Å²) in [4.78, 5) is 0. The minimum absolute atomic E-state index is 0.422. The number of nitrogens with two attached hydrogens (primary N) is 1. The molecule has 1 aliphatic carbocycles. The second-order valence-electron chi connectivity index (χ2n) is 3.32. The van der Waals surface area contributed by atoms with Gasteiger partial charge < -0.3 is 11.1 Å². The van der Waals surface area contributed by atoms with Crippen molar-refractivity contribution in [2.75, 3.05) is 6.54 Å². The fraction of sp³-hybridized carbons (Fsp3) is 0.778. The Morgan fingerprint density at radius 3 is 3.00 bits per heavy atom. The highest BCUT2D eigenvalue weighted by Crippen LogP contribution is 2.16. The van der Waals surface area contributed by atoms with Gasteiger partial charge in [0.05, 0.1) is 0 Å². The molecule has 0 amide bonds. The van der Waals surface area contributed by atoms with Crippen LogP contribution in [-0.4, -0.2) is 18.6 Å². The fourth-order valence-corrected chi connectivity index (χ4v) is 1.66. The Morgan fingerprint density at radius 1 is 1.55 bits per heavy atom. The van der Waals surface area contributed by atoms with E-state index in [4.69, 9.17) is 5.73 Å². The lowest BCUT2D eigenvalue weighted by Crippen LogP contribution is -2.39. The van der Waals surface area contributed by atoms with Gasteiger partial charge >= 0.3 is 0 Å². The highest BCUT2D eigenvalue weighted by atomic mass is 14.9. The largest absolute Gasteiger partial charge is 0.328 e. The van der Waals surface area contributed by atoms with Crippen molar-refractivity contribution in [1.82, 2.24) is 5.32 Å².